The van der Waals surface area contributed by atoms with Gasteiger partial charge in [0.15, 0.2) is 17.5 Å². The Kier molecular flexibility index (Phi) is 6.34. The maximum atomic E-state index is 5.46. The highest BCUT2D eigenvalue weighted by Crippen LogP contribution is 2.45. The summed E-state index contributed by atoms with van der Waals surface area (Å²) in [6, 6.07) is 3.94. The zero-order chi connectivity index (χ0) is 19.3. The van der Waals surface area contributed by atoms with Crippen molar-refractivity contribution in [3.63, 3.8) is 0 Å². The molecule has 2 fully saturated rings. The molecule has 1 N–H and O–H groups in total. The predicted octanol–water partition coefficient (Wildman–Crippen LogP) is 3.44. The summed E-state index contributed by atoms with van der Waals surface area (Å²) in [5.74, 6) is 2.95. The average Bonchev–Trinajstić information content (AvgIpc) is 3.34. The van der Waals surface area contributed by atoms with Crippen LogP contribution in [0.1, 0.15) is 44.6 Å². The van der Waals surface area contributed by atoms with E-state index in [4.69, 9.17) is 19.2 Å². The van der Waals surface area contributed by atoms with E-state index in [1.54, 1.807) is 21.3 Å². The van der Waals surface area contributed by atoms with Crippen molar-refractivity contribution in [2.24, 2.45) is 10.4 Å². The van der Waals surface area contributed by atoms with Gasteiger partial charge in [-0.3, -0.25) is 0 Å². The lowest BCUT2D eigenvalue weighted by Crippen LogP contribution is -2.41. The third kappa shape index (κ3) is 4.25. The van der Waals surface area contributed by atoms with Crippen molar-refractivity contribution in [3.8, 4) is 17.2 Å². The van der Waals surface area contributed by atoms with Crippen LogP contribution in [-0.2, 0) is 6.54 Å². The van der Waals surface area contributed by atoms with E-state index in [0.29, 0.717) is 29.2 Å². The molecule has 150 valence electrons. The Labute approximate surface area is 162 Å². The highest BCUT2D eigenvalue weighted by Gasteiger charge is 2.41. The molecule has 0 unspecified atom stereocenters. The molecular weight excluding hydrogens is 342 g/mol. The topological polar surface area (TPSA) is 55.3 Å². The molecule has 2 aliphatic rings. The molecule has 1 aliphatic heterocycles. The van der Waals surface area contributed by atoms with Gasteiger partial charge in [0.1, 0.15) is 0 Å². The first kappa shape index (κ1) is 19.6. The number of rotatable bonds is 6. The number of hydrogen-bond donors (Lipinski definition) is 1. The zero-order valence-electron chi connectivity index (χ0n) is 17.1. The van der Waals surface area contributed by atoms with Gasteiger partial charge in [-0.2, -0.15) is 0 Å². The smallest absolute Gasteiger partial charge is 0.203 e. The van der Waals surface area contributed by atoms with Crippen LogP contribution < -0.4 is 19.5 Å². The van der Waals surface area contributed by atoms with Crippen LogP contribution in [0.15, 0.2) is 17.1 Å². The summed E-state index contributed by atoms with van der Waals surface area (Å²) in [5.41, 5.74) is 1.57. The Morgan fingerprint density at radius 3 is 2.30 bits per heavy atom. The van der Waals surface area contributed by atoms with E-state index in [1.165, 1.54) is 32.1 Å². The number of likely N-dealkylation sites (tertiary alicyclic amines) is 1. The summed E-state index contributed by atoms with van der Waals surface area (Å²) in [7, 11) is 4.90. The lowest BCUT2D eigenvalue weighted by molar-refractivity contribution is 0.309. The first-order chi connectivity index (χ1) is 13.1. The number of ether oxygens (including phenoxy) is 3. The monoisotopic (exact) mass is 375 g/mol. The Balaban J connectivity index is 1.77. The number of aliphatic imine (C=N–C) groups is 1. The van der Waals surface area contributed by atoms with Crippen LogP contribution in [0.3, 0.4) is 0 Å². The summed E-state index contributed by atoms with van der Waals surface area (Å²) in [5, 5.41) is 3.47. The summed E-state index contributed by atoms with van der Waals surface area (Å²) >= 11 is 0. The molecule has 0 bridgehead atoms. The molecule has 0 aromatic heterocycles. The molecule has 0 atom stereocenters. The van der Waals surface area contributed by atoms with E-state index in [9.17, 15) is 0 Å². The number of benzene rings is 1. The minimum Gasteiger partial charge on any atom is -0.493 e. The summed E-state index contributed by atoms with van der Waals surface area (Å²) < 4.78 is 16.3. The summed E-state index contributed by atoms with van der Waals surface area (Å²) in [6.45, 7) is 5.80. The second-order valence-corrected chi connectivity index (χ2v) is 7.58. The highest BCUT2D eigenvalue weighted by atomic mass is 16.5. The number of guanidine groups is 1. The largest absolute Gasteiger partial charge is 0.493 e. The van der Waals surface area contributed by atoms with Crippen molar-refractivity contribution in [3.05, 3.63) is 17.7 Å². The van der Waals surface area contributed by atoms with E-state index < -0.39 is 0 Å². The van der Waals surface area contributed by atoms with Gasteiger partial charge >= 0.3 is 0 Å². The Morgan fingerprint density at radius 2 is 1.74 bits per heavy atom. The van der Waals surface area contributed by atoms with Crippen LogP contribution >= 0.6 is 0 Å². The zero-order valence-corrected chi connectivity index (χ0v) is 17.1. The van der Waals surface area contributed by atoms with Crippen molar-refractivity contribution in [1.29, 1.82) is 0 Å². The summed E-state index contributed by atoms with van der Waals surface area (Å²) in [6.07, 6.45) is 6.80. The van der Waals surface area contributed by atoms with E-state index in [1.807, 2.05) is 12.1 Å². The van der Waals surface area contributed by atoms with Crippen LogP contribution in [0, 0.1) is 5.41 Å². The number of methoxy groups -OCH3 is 3. The normalized spacial score (nSPS) is 18.8. The van der Waals surface area contributed by atoms with Gasteiger partial charge in [-0.1, -0.05) is 12.8 Å². The molecule has 1 aromatic carbocycles. The highest BCUT2D eigenvalue weighted by molar-refractivity contribution is 5.80. The molecule has 27 heavy (non-hydrogen) atoms. The Morgan fingerprint density at radius 1 is 1.07 bits per heavy atom. The van der Waals surface area contributed by atoms with Gasteiger partial charge in [0.05, 0.1) is 27.9 Å². The average molecular weight is 376 g/mol. The van der Waals surface area contributed by atoms with E-state index in [-0.39, 0.29) is 0 Å². The van der Waals surface area contributed by atoms with Crippen LogP contribution in [0.2, 0.25) is 0 Å². The minimum absolute atomic E-state index is 0.531. The number of nitrogens with one attached hydrogen (secondary N) is 1. The lowest BCUT2D eigenvalue weighted by atomic mass is 9.86. The van der Waals surface area contributed by atoms with Gasteiger partial charge in [-0.25, -0.2) is 4.99 Å². The molecule has 1 spiro atoms. The molecule has 1 heterocycles. The molecule has 3 rings (SSSR count). The number of hydrogen-bond acceptors (Lipinski definition) is 4. The quantitative estimate of drug-likeness (QED) is 0.610. The fourth-order valence-corrected chi connectivity index (χ4v) is 4.47. The van der Waals surface area contributed by atoms with Crippen molar-refractivity contribution >= 4 is 5.96 Å². The van der Waals surface area contributed by atoms with Crippen LogP contribution in [0.5, 0.6) is 17.2 Å². The van der Waals surface area contributed by atoms with Gasteiger partial charge in [0, 0.05) is 19.6 Å². The van der Waals surface area contributed by atoms with E-state index in [2.05, 4.69) is 17.1 Å². The second-order valence-electron chi connectivity index (χ2n) is 7.58. The van der Waals surface area contributed by atoms with Gasteiger partial charge in [0.25, 0.3) is 0 Å². The van der Waals surface area contributed by atoms with Crippen molar-refractivity contribution in [1.82, 2.24) is 10.2 Å². The molecule has 0 amide bonds. The fourth-order valence-electron chi connectivity index (χ4n) is 4.47. The molecule has 6 nitrogen and oxygen atoms in total. The minimum atomic E-state index is 0.531. The lowest BCUT2D eigenvalue weighted by Gasteiger charge is -2.26. The van der Waals surface area contributed by atoms with Crippen LogP contribution in [0.4, 0.5) is 0 Å². The van der Waals surface area contributed by atoms with Crippen molar-refractivity contribution in [2.45, 2.75) is 45.6 Å². The standard InChI is InChI=1S/C21H33N3O3/c1-5-22-20(24-11-10-21(15-24)8-6-7-9-21)23-14-16-12-17(25-2)19(27-4)18(13-16)26-3/h12-13H,5-11,14-15H2,1-4H3,(H,22,23). The number of nitrogens with zero attached hydrogens (tertiary/aromatic N) is 2. The molecule has 1 aromatic rings. The fraction of sp³-hybridized carbons (Fsp3) is 0.667. The van der Waals surface area contributed by atoms with Gasteiger partial charge in [0.2, 0.25) is 5.75 Å². The third-order valence-corrected chi connectivity index (χ3v) is 5.87. The first-order valence-corrected chi connectivity index (χ1v) is 9.97. The summed E-state index contributed by atoms with van der Waals surface area (Å²) in [4.78, 5) is 7.34. The van der Waals surface area contributed by atoms with Crippen molar-refractivity contribution < 1.29 is 14.2 Å². The maximum Gasteiger partial charge on any atom is 0.203 e. The molecule has 6 heteroatoms. The van der Waals surface area contributed by atoms with Crippen molar-refractivity contribution in [2.75, 3.05) is 41.0 Å². The van der Waals surface area contributed by atoms with Gasteiger partial charge in [-0.05, 0) is 49.3 Å². The Bertz CT molecular complexity index is 644. The molecule has 0 radical (unpaired) electrons. The predicted molar refractivity (Wildman–Crippen MR) is 108 cm³/mol. The van der Waals surface area contributed by atoms with Gasteiger partial charge < -0.3 is 24.4 Å². The molecule has 1 saturated carbocycles. The van der Waals surface area contributed by atoms with Gasteiger partial charge in [-0.15, -0.1) is 0 Å². The molecule has 1 aliphatic carbocycles. The first-order valence-electron chi connectivity index (χ1n) is 9.97. The van der Waals surface area contributed by atoms with E-state index in [0.717, 1.165) is 31.2 Å². The van der Waals surface area contributed by atoms with E-state index >= 15 is 0 Å². The van der Waals surface area contributed by atoms with Crippen LogP contribution in [-0.4, -0.2) is 51.8 Å². The van der Waals surface area contributed by atoms with Crippen LogP contribution in [0.25, 0.3) is 0 Å². The second kappa shape index (κ2) is 8.72. The SMILES string of the molecule is CCNC(=NCc1cc(OC)c(OC)c(OC)c1)N1CCC2(CCCC2)C1. The molecular formula is C21H33N3O3. The Hall–Kier alpha value is -2.11. The molecule has 1 saturated heterocycles. The maximum absolute atomic E-state index is 5.46. The third-order valence-electron chi connectivity index (χ3n) is 5.87.